The molecule has 12 nitrogen and oxygen atoms in total. The lowest BCUT2D eigenvalue weighted by Crippen LogP contribution is -2.37. The SMILES string of the molecule is CCCCC/C=C\C/C=C\C/C=C\CCCCC(=O)O[C@H](COC(=O)CCCCCC[C@@H]1[C@@H](/C=C/[C@@H](O)CCCCC)[C@H](O)C[C@@H]1O)COP(=O)([O-])OCC[N+](C)(C)C. The van der Waals surface area contributed by atoms with Crippen LogP contribution in [0.3, 0.4) is 0 Å². The van der Waals surface area contributed by atoms with Crippen LogP contribution in [0.15, 0.2) is 48.6 Å². The van der Waals surface area contributed by atoms with Crippen LogP contribution in [0.2, 0.25) is 0 Å². The summed E-state index contributed by atoms with van der Waals surface area (Å²) < 4.78 is 33.8. The number of carbonyl (C=O) groups is 2. The predicted molar refractivity (Wildman–Crippen MR) is 233 cm³/mol. The highest BCUT2D eigenvalue weighted by molar-refractivity contribution is 7.45. The summed E-state index contributed by atoms with van der Waals surface area (Å²) >= 11 is 0. The molecule has 59 heavy (non-hydrogen) atoms. The van der Waals surface area contributed by atoms with Crippen LogP contribution in [-0.2, 0) is 32.7 Å². The zero-order valence-electron chi connectivity index (χ0n) is 37.3. The highest BCUT2D eigenvalue weighted by atomic mass is 31.2. The van der Waals surface area contributed by atoms with Crippen LogP contribution in [0.1, 0.15) is 149 Å². The lowest BCUT2D eigenvalue weighted by atomic mass is 9.88. The molecule has 0 aromatic carbocycles. The van der Waals surface area contributed by atoms with Crippen LogP contribution < -0.4 is 4.89 Å². The van der Waals surface area contributed by atoms with Gasteiger partial charge in [-0.25, -0.2) is 0 Å². The van der Waals surface area contributed by atoms with Crippen LogP contribution in [0.4, 0.5) is 0 Å². The van der Waals surface area contributed by atoms with Gasteiger partial charge < -0.3 is 43.2 Å². The highest BCUT2D eigenvalue weighted by Gasteiger charge is 2.39. The van der Waals surface area contributed by atoms with Gasteiger partial charge in [-0.05, 0) is 70.1 Å². The molecule has 0 heterocycles. The quantitative estimate of drug-likeness (QED) is 0.0182. The molecule has 1 rings (SSSR count). The average Bonchev–Trinajstić information content (AvgIpc) is 3.44. The van der Waals surface area contributed by atoms with Gasteiger partial charge in [0, 0.05) is 25.2 Å². The van der Waals surface area contributed by atoms with Crippen molar-refractivity contribution in [1.29, 1.82) is 0 Å². The number of likely N-dealkylation sites (N-methyl/N-ethyl adjacent to an activating group) is 1. The Morgan fingerprint density at radius 2 is 1.36 bits per heavy atom. The Hall–Kier alpha value is -2.15. The Morgan fingerprint density at radius 3 is 2.02 bits per heavy atom. The topological polar surface area (TPSA) is 172 Å². The van der Waals surface area contributed by atoms with E-state index in [1.165, 1.54) is 19.3 Å². The molecule has 0 spiro atoms. The first-order chi connectivity index (χ1) is 28.2. The van der Waals surface area contributed by atoms with E-state index in [0.29, 0.717) is 36.7 Å². The summed E-state index contributed by atoms with van der Waals surface area (Å²) in [4.78, 5) is 37.7. The summed E-state index contributed by atoms with van der Waals surface area (Å²) in [5, 5.41) is 31.4. The number of hydrogen-bond donors (Lipinski definition) is 3. The van der Waals surface area contributed by atoms with Gasteiger partial charge in [0.1, 0.15) is 19.8 Å². The second kappa shape index (κ2) is 33.5. The maximum absolute atomic E-state index is 12.7. The van der Waals surface area contributed by atoms with E-state index in [1.807, 2.05) is 27.2 Å². The molecule has 7 atom stereocenters. The zero-order chi connectivity index (χ0) is 43.8. The van der Waals surface area contributed by atoms with E-state index in [-0.39, 0.29) is 37.9 Å². The first-order valence-electron chi connectivity index (χ1n) is 22.6. The number of phosphoric acid groups is 1. The summed E-state index contributed by atoms with van der Waals surface area (Å²) in [6.07, 6.45) is 30.7. The van der Waals surface area contributed by atoms with E-state index < -0.39 is 50.8 Å². The fourth-order valence-electron chi connectivity index (χ4n) is 6.81. The molecule has 0 aromatic heterocycles. The number of hydrogen-bond acceptors (Lipinski definition) is 11. The molecule has 13 heteroatoms. The Kier molecular flexibility index (Phi) is 31.1. The summed E-state index contributed by atoms with van der Waals surface area (Å²) in [5.41, 5.74) is 0. The second-order valence-corrected chi connectivity index (χ2v) is 18.4. The van der Waals surface area contributed by atoms with Gasteiger partial charge in [-0.3, -0.25) is 14.2 Å². The molecule has 0 amide bonds. The number of esters is 2. The third-order valence-corrected chi connectivity index (χ3v) is 11.4. The predicted octanol–water partition coefficient (Wildman–Crippen LogP) is 8.43. The summed E-state index contributed by atoms with van der Waals surface area (Å²) in [7, 11) is 1.02. The number of rotatable bonds is 36. The molecular weight excluding hydrogens is 773 g/mol. The lowest BCUT2D eigenvalue weighted by molar-refractivity contribution is -0.870. The van der Waals surface area contributed by atoms with Crippen molar-refractivity contribution in [2.75, 3.05) is 47.5 Å². The van der Waals surface area contributed by atoms with Crippen molar-refractivity contribution in [1.82, 2.24) is 0 Å². The molecular formula is C46H82NO11P. The van der Waals surface area contributed by atoms with Crippen molar-refractivity contribution in [2.24, 2.45) is 11.8 Å². The van der Waals surface area contributed by atoms with Gasteiger partial charge in [-0.1, -0.05) is 114 Å². The fraction of sp³-hybridized carbons (Fsp3) is 0.783. The van der Waals surface area contributed by atoms with Crippen molar-refractivity contribution < 1.29 is 57.4 Å². The zero-order valence-corrected chi connectivity index (χ0v) is 38.2. The van der Waals surface area contributed by atoms with Gasteiger partial charge >= 0.3 is 11.9 Å². The van der Waals surface area contributed by atoms with Crippen LogP contribution in [0, 0.1) is 11.8 Å². The van der Waals surface area contributed by atoms with Gasteiger partial charge in [0.2, 0.25) is 0 Å². The van der Waals surface area contributed by atoms with Crippen molar-refractivity contribution in [3.63, 3.8) is 0 Å². The van der Waals surface area contributed by atoms with Gasteiger partial charge in [0.25, 0.3) is 7.82 Å². The standard InChI is InChI=1S/C46H82NO11P/c1-6-8-10-11-12-13-14-15-16-17-18-19-20-21-27-31-46(52)58-40(38-57-59(53,54)56-35-34-47(3,4)5)37-55-45(51)30-26-23-22-25-29-41-42(44(50)36-43(41)49)33-32-39(48)28-24-9-7-2/h12-13,15-16,18-19,32-33,39-44,48-50H,6-11,14,17,20-31,34-38H2,1-5H3/b13-12-,16-15-,19-18-,33-32+/t39-,40+,41+,42+,43-,44+/m0/s1. The normalized spacial score (nSPS) is 20.9. The molecule has 342 valence electrons. The highest BCUT2D eigenvalue weighted by Crippen LogP contribution is 2.39. The molecule has 1 aliphatic carbocycles. The van der Waals surface area contributed by atoms with Gasteiger partial charge in [0.05, 0.1) is 46.1 Å². The molecule has 1 unspecified atom stereocenters. The minimum absolute atomic E-state index is 0.0743. The van der Waals surface area contributed by atoms with Crippen LogP contribution in [0.25, 0.3) is 0 Å². The maximum Gasteiger partial charge on any atom is 0.306 e. The maximum atomic E-state index is 12.7. The summed E-state index contributed by atoms with van der Waals surface area (Å²) in [6.45, 7) is 3.80. The van der Waals surface area contributed by atoms with E-state index in [1.54, 1.807) is 6.08 Å². The minimum Gasteiger partial charge on any atom is -0.756 e. The van der Waals surface area contributed by atoms with Crippen LogP contribution >= 0.6 is 7.82 Å². The molecule has 3 N–H and O–H groups in total. The first kappa shape index (κ1) is 54.9. The lowest BCUT2D eigenvalue weighted by Gasteiger charge is -2.28. The van der Waals surface area contributed by atoms with E-state index in [9.17, 15) is 34.4 Å². The van der Waals surface area contributed by atoms with Crippen molar-refractivity contribution in [2.45, 2.75) is 173 Å². The van der Waals surface area contributed by atoms with Gasteiger partial charge in [-0.15, -0.1) is 0 Å². The number of aliphatic hydroxyl groups excluding tert-OH is 3. The number of aliphatic hydroxyl groups is 3. The van der Waals surface area contributed by atoms with Crippen LogP contribution in [0.5, 0.6) is 0 Å². The number of nitrogens with zero attached hydrogens (tertiary/aromatic N) is 1. The molecule has 0 radical (unpaired) electrons. The van der Waals surface area contributed by atoms with Crippen molar-refractivity contribution >= 4 is 19.8 Å². The fourth-order valence-corrected chi connectivity index (χ4v) is 7.54. The van der Waals surface area contributed by atoms with Gasteiger partial charge in [0.15, 0.2) is 6.10 Å². The number of allylic oxidation sites excluding steroid dienone is 6. The minimum atomic E-state index is -4.69. The number of ether oxygens (including phenoxy) is 2. The Balaban J connectivity index is 2.50. The van der Waals surface area contributed by atoms with Crippen LogP contribution in [-0.4, -0.2) is 104 Å². The molecule has 0 aromatic rings. The Morgan fingerprint density at radius 1 is 0.763 bits per heavy atom. The van der Waals surface area contributed by atoms with Gasteiger partial charge in [-0.2, -0.15) is 0 Å². The molecule has 0 saturated heterocycles. The smallest absolute Gasteiger partial charge is 0.306 e. The van der Waals surface area contributed by atoms with E-state index in [4.69, 9.17) is 18.5 Å². The Labute approximate surface area is 357 Å². The summed E-state index contributed by atoms with van der Waals surface area (Å²) in [6, 6.07) is 0. The number of phosphoric ester groups is 1. The summed E-state index contributed by atoms with van der Waals surface area (Å²) in [5.74, 6) is -1.31. The van der Waals surface area contributed by atoms with Crippen molar-refractivity contribution in [3.8, 4) is 0 Å². The largest absolute Gasteiger partial charge is 0.756 e. The van der Waals surface area contributed by atoms with E-state index in [0.717, 1.165) is 77.0 Å². The first-order valence-corrected chi connectivity index (χ1v) is 24.1. The number of carbonyl (C=O) groups excluding carboxylic acids is 2. The number of unbranched alkanes of at least 4 members (excludes halogenated alkanes) is 10. The second-order valence-electron chi connectivity index (χ2n) is 17.0. The number of quaternary nitrogens is 1. The third-order valence-electron chi connectivity index (χ3n) is 10.4. The molecule has 0 aliphatic heterocycles. The Bertz CT molecular complexity index is 1260. The average molecular weight is 856 g/mol. The monoisotopic (exact) mass is 856 g/mol. The molecule has 0 bridgehead atoms. The third kappa shape index (κ3) is 30.5. The molecule has 1 saturated carbocycles. The van der Waals surface area contributed by atoms with E-state index >= 15 is 0 Å². The molecule has 1 aliphatic rings. The molecule has 1 fully saturated rings. The van der Waals surface area contributed by atoms with Crippen molar-refractivity contribution in [3.05, 3.63) is 48.6 Å². The van der Waals surface area contributed by atoms with E-state index in [2.05, 4.69) is 50.3 Å².